The van der Waals surface area contributed by atoms with Crippen molar-refractivity contribution in [3.63, 3.8) is 0 Å². The highest BCUT2D eigenvalue weighted by Crippen LogP contribution is 2.34. The highest BCUT2D eigenvalue weighted by molar-refractivity contribution is 7.98. The van der Waals surface area contributed by atoms with E-state index in [1.807, 2.05) is 19.9 Å². The number of pyridine rings is 1. The smallest absolute Gasteiger partial charge is 0.336 e. The first-order chi connectivity index (χ1) is 18.7. The zero-order valence-electron chi connectivity index (χ0n) is 22.9. The molecule has 1 aliphatic rings. The third kappa shape index (κ3) is 5.24. The van der Waals surface area contributed by atoms with Gasteiger partial charge in [-0.1, -0.05) is 26.0 Å². The van der Waals surface area contributed by atoms with Gasteiger partial charge in [0.2, 0.25) is 0 Å². The minimum absolute atomic E-state index is 0.121. The normalized spacial score (nSPS) is 12.7. The van der Waals surface area contributed by atoms with Gasteiger partial charge in [-0.15, -0.1) is 0 Å². The third-order valence-electron chi connectivity index (χ3n) is 6.51. The molecule has 0 unspecified atom stereocenters. The Hall–Kier alpha value is -3.83. The van der Waals surface area contributed by atoms with Gasteiger partial charge in [-0.05, 0) is 69.6 Å². The van der Waals surface area contributed by atoms with Crippen LogP contribution in [0.4, 0.5) is 21.6 Å². The summed E-state index contributed by atoms with van der Waals surface area (Å²) in [7, 11) is 3.30. The Labute approximate surface area is 229 Å². The van der Waals surface area contributed by atoms with Crippen LogP contribution in [0.3, 0.4) is 0 Å². The Morgan fingerprint density at radius 2 is 1.72 bits per heavy atom. The highest BCUT2D eigenvalue weighted by atomic mass is 32.2. The first kappa shape index (κ1) is 28.2. The van der Waals surface area contributed by atoms with Gasteiger partial charge in [0.15, 0.2) is 0 Å². The van der Waals surface area contributed by atoms with Crippen LogP contribution in [0.2, 0.25) is 0 Å². The van der Waals surface area contributed by atoms with Crippen LogP contribution >= 0.6 is 12.1 Å². The maximum absolute atomic E-state index is 14.8. The summed E-state index contributed by atoms with van der Waals surface area (Å²) in [6.45, 7) is 7.37. The van der Waals surface area contributed by atoms with E-state index < -0.39 is 22.6 Å². The van der Waals surface area contributed by atoms with Crippen LogP contribution in [0.5, 0.6) is 0 Å². The van der Waals surface area contributed by atoms with Crippen molar-refractivity contribution < 1.29 is 4.39 Å². The lowest BCUT2D eigenvalue weighted by Gasteiger charge is -2.21. The van der Waals surface area contributed by atoms with E-state index in [2.05, 4.69) is 14.8 Å². The molecule has 11 heteroatoms. The van der Waals surface area contributed by atoms with Crippen molar-refractivity contribution in [3.05, 3.63) is 90.6 Å². The standard InChI is InChI=1S/C26H27FN6O3S.C2H6/c1-14-8-11-20(19(27)12-14)29-23-21-22(15(2)24(34)31(23)4)32(26(36)33(25(21)35)17-9-10-17)18-7-5-6-16(13-18)30-37-28-3;1-2/h5-8,11-13,17,28-30H,9-10H2,1-4H3;1-2H3. The Morgan fingerprint density at radius 3 is 2.36 bits per heavy atom. The zero-order valence-corrected chi connectivity index (χ0v) is 23.7. The Morgan fingerprint density at radius 1 is 1.00 bits per heavy atom. The number of anilines is 3. The Balaban J connectivity index is 0.00000172. The summed E-state index contributed by atoms with van der Waals surface area (Å²) in [5.74, 6) is -0.389. The van der Waals surface area contributed by atoms with Crippen LogP contribution in [-0.4, -0.2) is 20.7 Å². The fourth-order valence-corrected chi connectivity index (χ4v) is 4.87. The Kier molecular flexibility index (Phi) is 8.31. The molecule has 1 fully saturated rings. The van der Waals surface area contributed by atoms with E-state index in [9.17, 15) is 18.8 Å². The third-order valence-corrected chi connectivity index (χ3v) is 7.05. The van der Waals surface area contributed by atoms with Gasteiger partial charge in [-0.2, -0.15) is 0 Å². The van der Waals surface area contributed by atoms with Gasteiger partial charge in [0.1, 0.15) is 17.0 Å². The molecule has 1 aliphatic carbocycles. The molecule has 2 heterocycles. The number of aromatic nitrogens is 3. The molecule has 0 spiro atoms. The van der Waals surface area contributed by atoms with E-state index in [1.165, 1.54) is 38.9 Å². The Bertz CT molecular complexity index is 1720. The fraction of sp³-hybridized carbons (Fsp3) is 0.321. The first-order valence-electron chi connectivity index (χ1n) is 12.9. The average Bonchev–Trinajstić information content (AvgIpc) is 3.76. The van der Waals surface area contributed by atoms with Gasteiger partial charge < -0.3 is 10.0 Å². The number of rotatable bonds is 7. The lowest BCUT2D eigenvalue weighted by atomic mass is 10.1. The monoisotopic (exact) mass is 552 g/mol. The van der Waals surface area contributed by atoms with Crippen LogP contribution < -0.4 is 31.6 Å². The lowest BCUT2D eigenvalue weighted by molar-refractivity contribution is 0.630. The SMILES string of the molecule is CC.CNSNc1cccc(-n2c(=O)n(C3CC3)c(=O)c3c(Nc4ccc(C)cc4F)n(C)c(=O)c(C)c32)c1. The van der Waals surface area contributed by atoms with Gasteiger partial charge in [-0.25, -0.2) is 13.9 Å². The average molecular weight is 553 g/mol. The molecule has 9 nitrogen and oxygen atoms in total. The molecule has 0 radical (unpaired) electrons. The largest absolute Gasteiger partial charge is 0.338 e. The second-order valence-corrected chi connectivity index (χ2v) is 9.97. The van der Waals surface area contributed by atoms with Crippen molar-refractivity contribution in [2.24, 2.45) is 7.05 Å². The quantitative estimate of drug-likeness (QED) is 0.280. The molecule has 2 aromatic heterocycles. The van der Waals surface area contributed by atoms with E-state index in [0.29, 0.717) is 18.5 Å². The number of aryl methyl sites for hydroxylation is 2. The van der Waals surface area contributed by atoms with Crippen LogP contribution in [0.1, 0.15) is 43.9 Å². The summed E-state index contributed by atoms with van der Waals surface area (Å²) < 4.78 is 24.8. The van der Waals surface area contributed by atoms with Crippen LogP contribution in [0, 0.1) is 19.7 Å². The summed E-state index contributed by atoms with van der Waals surface area (Å²) in [5, 5.41) is 3.13. The summed E-state index contributed by atoms with van der Waals surface area (Å²) >= 11 is 1.27. The van der Waals surface area contributed by atoms with Crippen LogP contribution in [-0.2, 0) is 7.05 Å². The molecule has 206 valence electrons. The van der Waals surface area contributed by atoms with E-state index in [4.69, 9.17) is 0 Å². The van der Waals surface area contributed by atoms with Gasteiger partial charge in [0, 0.05) is 36.5 Å². The minimum atomic E-state index is -0.516. The topological polar surface area (TPSA) is 102 Å². The fourth-order valence-electron chi connectivity index (χ4n) is 4.52. The van der Waals surface area contributed by atoms with Gasteiger partial charge in [-0.3, -0.25) is 23.3 Å². The van der Waals surface area contributed by atoms with E-state index in [0.717, 1.165) is 11.3 Å². The van der Waals surface area contributed by atoms with Gasteiger partial charge in [0.05, 0.1) is 16.9 Å². The molecular formula is C28H33FN6O3S. The van der Waals surface area contributed by atoms with Crippen molar-refractivity contribution in [2.75, 3.05) is 17.1 Å². The predicted molar refractivity (Wildman–Crippen MR) is 158 cm³/mol. The number of nitrogens with one attached hydrogen (secondary N) is 3. The molecule has 0 aliphatic heterocycles. The molecule has 3 N–H and O–H groups in total. The molecule has 5 rings (SSSR count). The van der Waals surface area contributed by atoms with E-state index in [1.54, 1.807) is 51.2 Å². The van der Waals surface area contributed by atoms with Crippen molar-refractivity contribution in [2.45, 2.75) is 46.6 Å². The summed E-state index contributed by atoms with van der Waals surface area (Å²) in [6, 6.07) is 11.6. The van der Waals surface area contributed by atoms with Crippen molar-refractivity contribution in [1.82, 2.24) is 18.4 Å². The molecule has 0 atom stereocenters. The number of benzene rings is 2. The van der Waals surface area contributed by atoms with Crippen LogP contribution in [0.25, 0.3) is 16.6 Å². The number of hydrogen-bond donors (Lipinski definition) is 3. The van der Waals surface area contributed by atoms with Crippen LogP contribution in [0.15, 0.2) is 56.8 Å². The number of hydrogen-bond acceptors (Lipinski definition) is 7. The van der Waals surface area contributed by atoms with Gasteiger partial charge >= 0.3 is 5.69 Å². The molecule has 0 saturated heterocycles. The molecule has 39 heavy (non-hydrogen) atoms. The number of fused-ring (bicyclic) bond motifs is 1. The molecule has 4 aromatic rings. The van der Waals surface area contributed by atoms with Crippen molar-refractivity contribution in [1.29, 1.82) is 0 Å². The maximum Gasteiger partial charge on any atom is 0.336 e. The summed E-state index contributed by atoms with van der Waals surface area (Å²) in [6.07, 6.45) is 1.42. The zero-order chi connectivity index (χ0) is 28.4. The molecular weight excluding hydrogens is 519 g/mol. The maximum atomic E-state index is 14.8. The van der Waals surface area contributed by atoms with E-state index >= 15 is 0 Å². The number of halogens is 1. The predicted octanol–water partition coefficient (Wildman–Crippen LogP) is 4.91. The van der Waals surface area contributed by atoms with E-state index in [-0.39, 0.29) is 34.0 Å². The highest BCUT2D eigenvalue weighted by Gasteiger charge is 2.31. The number of nitrogens with zero attached hydrogens (tertiary/aromatic N) is 3. The van der Waals surface area contributed by atoms with Gasteiger partial charge in [0.25, 0.3) is 11.1 Å². The first-order valence-corrected chi connectivity index (χ1v) is 13.7. The molecule has 2 aromatic carbocycles. The second-order valence-electron chi connectivity index (χ2n) is 9.15. The van der Waals surface area contributed by atoms with Crippen molar-refractivity contribution in [3.8, 4) is 5.69 Å². The lowest BCUT2D eigenvalue weighted by Crippen LogP contribution is -2.41. The minimum Gasteiger partial charge on any atom is -0.338 e. The molecule has 0 bridgehead atoms. The molecule has 0 amide bonds. The van der Waals surface area contributed by atoms with Crippen molar-refractivity contribution >= 4 is 40.2 Å². The summed E-state index contributed by atoms with van der Waals surface area (Å²) in [5.41, 5.74) is 1.10. The molecule has 1 saturated carbocycles. The second kappa shape index (κ2) is 11.5. The summed E-state index contributed by atoms with van der Waals surface area (Å²) in [4.78, 5) is 41.0.